The SMILES string of the molecule is COCC(COC)C(=O)N1CC[C@H](NC(=O)c2cc3cc(C)ccc3[nH]2)[C@H](NC(=O)c2nc3c(s2)CN(C)CC3)C1. The van der Waals surface area contributed by atoms with Crippen LogP contribution in [-0.4, -0.2) is 104 Å². The van der Waals surface area contributed by atoms with Crippen LogP contribution in [0.15, 0.2) is 24.3 Å². The Morgan fingerprint density at radius 3 is 2.61 bits per heavy atom. The summed E-state index contributed by atoms with van der Waals surface area (Å²) >= 11 is 1.41. The van der Waals surface area contributed by atoms with E-state index in [1.807, 2.05) is 31.2 Å². The van der Waals surface area contributed by atoms with Gasteiger partial charge in [0.2, 0.25) is 5.91 Å². The number of amides is 3. The molecule has 4 heterocycles. The maximum atomic E-state index is 13.4. The fourth-order valence-corrected chi connectivity index (χ4v) is 6.68. The Kier molecular flexibility index (Phi) is 9.03. The zero-order valence-corrected chi connectivity index (χ0v) is 24.8. The normalized spacial score (nSPS) is 19.4. The molecule has 0 aliphatic carbocycles. The Morgan fingerprint density at radius 2 is 1.85 bits per heavy atom. The highest BCUT2D eigenvalue weighted by atomic mass is 32.1. The average molecular weight is 583 g/mol. The summed E-state index contributed by atoms with van der Waals surface area (Å²) in [4.78, 5) is 53.0. The van der Waals surface area contributed by atoms with Crippen molar-refractivity contribution >= 4 is 40.0 Å². The monoisotopic (exact) mass is 582 g/mol. The highest BCUT2D eigenvalue weighted by molar-refractivity contribution is 7.13. The summed E-state index contributed by atoms with van der Waals surface area (Å²) in [5.41, 5.74) is 3.41. The Bertz CT molecular complexity index is 1410. The second-order valence-corrected chi connectivity index (χ2v) is 12.1. The number of likely N-dealkylation sites (N-methyl/N-ethyl adjacent to an activating group) is 1. The van der Waals surface area contributed by atoms with Crippen LogP contribution in [0, 0.1) is 12.8 Å². The topological polar surface area (TPSA) is 129 Å². The molecule has 0 saturated carbocycles. The highest BCUT2D eigenvalue weighted by Crippen LogP contribution is 2.25. The summed E-state index contributed by atoms with van der Waals surface area (Å²) in [6, 6.07) is 6.92. The van der Waals surface area contributed by atoms with Crippen molar-refractivity contribution in [1.82, 2.24) is 30.4 Å². The quantitative estimate of drug-likeness (QED) is 0.352. The zero-order chi connectivity index (χ0) is 29.1. The first kappa shape index (κ1) is 29.2. The number of carbonyl (C=O) groups is 3. The van der Waals surface area contributed by atoms with Crippen LogP contribution in [0.2, 0.25) is 0 Å². The van der Waals surface area contributed by atoms with E-state index in [9.17, 15) is 14.4 Å². The van der Waals surface area contributed by atoms with Gasteiger partial charge in [-0.1, -0.05) is 11.6 Å². The highest BCUT2D eigenvalue weighted by Gasteiger charge is 2.37. The number of rotatable bonds is 9. The molecule has 1 aromatic carbocycles. The predicted molar refractivity (Wildman–Crippen MR) is 156 cm³/mol. The van der Waals surface area contributed by atoms with Crippen LogP contribution in [0.5, 0.6) is 0 Å². The maximum absolute atomic E-state index is 13.4. The van der Waals surface area contributed by atoms with Gasteiger partial charge >= 0.3 is 0 Å². The van der Waals surface area contributed by atoms with Crippen molar-refractivity contribution in [1.29, 1.82) is 0 Å². The maximum Gasteiger partial charge on any atom is 0.280 e. The number of aromatic amines is 1. The minimum atomic E-state index is -0.509. The number of benzene rings is 1. The van der Waals surface area contributed by atoms with Crippen molar-refractivity contribution in [3.8, 4) is 0 Å². The van der Waals surface area contributed by atoms with Gasteiger partial charge in [0.25, 0.3) is 11.8 Å². The third kappa shape index (κ3) is 6.61. The summed E-state index contributed by atoms with van der Waals surface area (Å²) in [6.07, 6.45) is 1.29. The van der Waals surface area contributed by atoms with E-state index in [0.717, 1.165) is 46.5 Å². The van der Waals surface area contributed by atoms with Crippen LogP contribution in [0.25, 0.3) is 10.9 Å². The number of ether oxygens (including phenoxy) is 2. The second-order valence-electron chi connectivity index (χ2n) is 11.0. The largest absolute Gasteiger partial charge is 0.384 e. The molecule has 2 aliphatic rings. The standard InChI is InChI=1S/C29H38N6O5S/c1-17-5-6-20-18(11-17)12-23(30-20)26(36)31-21-8-10-35(29(38)19(15-39-3)16-40-4)13-24(21)32-27(37)28-33-22-7-9-34(2)14-25(22)41-28/h5-6,11-12,19,21,24,30H,7-10,13-16H2,1-4H3,(H,31,36)(H,32,37)/t21-,24+/m0/s1. The van der Waals surface area contributed by atoms with Gasteiger partial charge in [0.05, 0.1) is 36.9 Å². The molecule has 2 aromatic heterocycles. The molecule has 0 spiro atoms. The van der Waals surface area contributed by atoms with Crippen molar-refractivity contribution in [3.63, 3.8) is 0 Å². The van der Waals surface area contributed by atoms with Gasteiger partial charge in [0.1, 0.15) is 5.69 Å². The molecule has 12 heteroatoms. The summed E-state index contributed by atoms with van der Waals surface area (Å²) in [7, 11) is 5.16. The number of hydrogen-bond donors (Lipinski definition) is 3. The Labute approximate surface area is 243 Å². The Balaban J connectivity index is 1.34. The molecule has 3 amide bonds. The van der Waals surface area contributed by atoms with Crippen LogP contribution in [-0.2, 0) is 27.2 Å². The average Bonchev–Trinajstić information content (AvgIpc) is 3.57. The van der Waals surface area contributed by atoms with Gasteiger partial charge in [-0.15, -0.1) is 11.3 Å². The molecule has 2 aliphatic heterocycles. The van der Waals surface area contributed by atoms with Gasteiger partial charge in [0.15, 0.2) is 5.01 Å². The van der Waals surface area contributed by atoms with Gasteiger partial charge < -0.3 is 34.9 Å². The third-order valence-electron chi connectivity index (χ3n) is 7.78. The van der Waals surface area contributed by atoms with E-state index in [2.05, 4.69) is 32.5 Å². The Morgan fingerprint density at radius 1 is 1.10 bits per heavy atom. The first-order valence-electron chi connectivity index (χ1n) is 13.9. The molecule has 11 nitrogen and oxygen atoms in total. The Hall–Kier alpha value is -3.32. The molecule has 0 radical (unpaired) electrons. The lowest BCUT2D eigenvalue weighted by molar-refractivity contribution is -0.140. The number of carbonyl (C=O) groups excluding carboxylic acids is 3. The lowest BCUT2D eigenvalue weighted by Crippen LogP contribution is -2.62. The smallest absolute Gasteiger partial charge is 0.280 e. The van der Waals surface area contributed by atoms with Crippen LogP contribution >= 0.6 is 11.3 Å². The van der Waals surface area contributed by atoms with Crippen molar-refractivity contribution in [3.05, 3.63) is 51.1 Å². The van der Waals surface area contributed by atoms with Gasteiger partial charge in [-0.2, -0.15) is 0 Å². The van der Waals surface area contributed by atoms with E-state index < -0.39 is 12.0 Å². The number of nitrogens with one attached hydrogen (secondary N) is 3. The molecule has 41 heavy (non-hydrogen) atoms. The van der Waals surface area contributed by atoms with Crippen LogP contribution in [0.1, 0.15) is 42.8 Å². The number of piperidine rings is 1. The van der Waals surface area contributed by atoms with Gasteiger partial charge in [0, 0.05) is 62.6 Å². The molecular weight excluding hydrogens is 544 g/mol. The first-order valence-corrected chi connectivity index (χ1v) is 14.7. The van der Waals surface area contributed by atoms with Crippen molar-refractivity contribution in [2.24, 2.45) is 5.92 Å². The molecule has 2 atom stereocenters. The summed E-state index contributed by atoms with van der Waals surface area (Å²) < 4.78 is 10.5. The van der Waals surface area contributed by atoms with E-state index in [-0.39, 0.29) is 43.5 Å². The molecular formula is C29H38N6O5S. The lowest BCUT2D eigenvalue weighted by Gasteiger charge is -2.40. The number of aryl methyl sites for hydroxylation is 1. The fourth-order valence-electron chi connectivity index (χ4n) is 5.59. The van der Waals surface area contributed by atoms with Crippen LogP contribution in [0.4, 0.5) is 0 Å². The van der Waals surface area contributed by atoms with E-state index >= 15 is 0 Å². The lowest BCUT2D eigenvalue weighted by atomic mass is 9.97. The predicted octanol–water partition coefficient (Wildman–Crippen LogP) is 1.96. The molecule has 3 N–H and O–H groups in total. The number of H-pyrrole nitrogens is 1. The molecule has 220 valence electrons. The molecule has 0 unspecified atom stereocenters. The number of hydrogen-bond acceptors (Lipinski definition) is 8. The molecule has 5 rings (SSSR count). The number of aromatic nitrogens is 2. The zero-order valence-electron chi connectivity index (χ0n) is 24.0. The second kappa shape index (κ2) is 12.7. The van der Waals surface area contributed by atoms with E-state index in [4.69, 9.17) is 9.47 Å². The molecule has 1 fully saturated rings. The third-order valence-corrected chi connectivity index (χ3v) is 8.86. The van der Waals surface area contributed by atoms with E-state index in [1.165, 1.54) is 11.3 Å². The van der Waals surface area contributed by atoms with Gasteiger partial charge in [-0.3, -0.25) is 14.4 Å². The van der Waals surface area contributed by atoms with E-state index in [1.54, 1.807) is 19.1 Å². The molecule has 1 saturated heterocycles. The van der Waals surface area contributed by atoms with Crippen molar-refractivity contribution in [2.75, 3.05) is 54.1 Å². The number of thiazole rings is 1. The number of fused-ring (bicyclic) bond motifs is 2. The summed E-state index contributed by atoms with van der Waals surface area (Å²) in [5.74, 6) is -1.11. The number of nitrogens with zero attached hydrogens (tertiary/aromatic N) is 3. The first-order chi connectivity index (χ1) is 19.7. The molecule has 3 aromatic rings. The summed E-state index contributed by atoms with van der Waals surface area (Å²) in [5, 5.41) is 7.58. The van der Waals surface area contributed by atoms with E-state index in [0.29, 0.717) is 23.7 Å². The van der Waals surface area contributed by atoms with Crippen molar-refractivity contribution in [2.45, 2.75) is 38.4 Å². The van der Waals surface area contributed by atoms with Crippen molar-refractivity contribution < 1.29 is 23.9 Å². The van der Waals surface area contributed by atoms with Crippen LogP contribution < -0.4 is 10.6 Å². The number of methoxy groups -OCH3 is 2. The fraction of sp³-hybridized carbons (Fsp3) is 0.517. The summed E-state index contributed by atoms with van der Waals surface area (Å²) in [6.45, 7) is 4.84. The van der Waals surface area contributed by atoms with Gasteiger partial charge in [-0.25, -0.2) is 4.98 Å². The van der Waals surface area contributed by atoms with Crippen LogP contribution in [0.3, 0.4) is 0 Å². The minimum Gasteiger partial charge on any atom is -0.384 e. The number of likely N-dealkylation sites (tertiary alicyclic amines) is 1. The van der Waals surface area contributed by atoms with Gasteiger partial charge in [-0.05, 0) is 38.6 Å². The molecule has 0 bridgehead atoms. The minimum absolute atomic E-state index is 0.100.